The second kappa shape index (κ2) is 4.04. The van der Waals surface area contributed by atoms with E-state index in [0.29, 0.717) is 17.1 Å². The van der Waals surface area contributed by atoms with Crippen molar-refractivity contribution in [1.82, 2.24) is 19.9 Å². The van der Waals surface area contributed by atoms with Crippen molar-refractivity contribution in [2.45, 2.75) is 26.7 Å². The summed E-state index contributed by atoms with van der Waals surface area (Å²) in [5.74, 6) is 0.613. The maximum Gasteiger partial charge on any atom is 0.280 e. The van der Waals surface area contributed by atoms with E-state index in [1.165, 1.54) is 0 Å². The molecule has 0 aliphatic carbocycles. The van der Waals surface area contributed by atoms with Crippen LogP contribution in [-0.2, 0) is 0 Å². The molecule has 1 saturated heterocycles. The Morgan fingerprint density at radius 1 is 1.06 bits per heavy atom. The molecule has 0 amide bonds. The normalized spacial score (nSPS) is 15.6. The van der Waals surface area contributed by atoms with Gasteiger partial charge in [0.05, 0.1) is 11.4 Å². The van der Waals surface area contributed by atoms with Gasteiger partial charge in [0.25, 0.3) is 5.56 Å². The molecular weight excluding hydrogens is 230 g/mol. The van der Waals surface area contributed by atoms with Crippen molar-refractivity contribution in [2.75, 3.05) is 18.0 Å². The molecule has 1 N–H and O–H groups in total. The van der Waals surface area contributed by atoms with E-state index in [2.05, 4.69) is 24.8 Å². The van der Waals surface area contributed by atoms with Crippen LogP contribution in [-0.4, -0.2) is 33.0 Å². The number of H-pyrrole nitrogens is 1. The smallest absolute Gasteiger partial charge is 0.280 e. The number of hydrogen-bond donors (Lipinski definition) is 1. The molecule has 2 aromatic heterocycles. The fourth-order valence-electron chi connectivity index (χ4n) is 2.19. The summed E-state index contributed by atoms with van der Waals surface area (Å²) in [7, 11) is 0. The highest BCUT2D eigenvalue weighted by atomic mass is 16.1. The first-order valence-corrected chi connectivity index (χ1v) is 6.15. The number of hydrogen-bond acceptors (Lipinski definition) is 5. The Morgan fingerprint density at radius 2 is 1.72 bits per heavy atom. The number of nitrogens with zero attached hydrogens (tertiary/aromatic N) is 4. The van der Waals surface area contributed by atoms with Crippen LogP contribution in [0.15, 0.2) is 4.79 Å². The Hall–Kier alpha value is -1.98. The lowest BCUT2D eigenvalue weighted by atomic mass is 10.3. The highest BCUT2D eigenvalue weighted by molar-refractivity contribution is 5.70. The van der Waals surface area contributed by atoms with Gasteiger partial charge in [-0.25, -0.2) is 9.97 Å². The molecule has 0 unspecified atom stereocenters. The molecule has 6 nitrogen and oxygen atoms in total. The number of fused-ring (bicyclic) bond motifs is 1. The summed E-state index contributed by atoms with van der Waals surface area (Å²) < 4.78 is 0. The monoisotopic (exact) mass is 245 g/mol. The van der Waals surface area contributed by atoms with Gasteiger partial charge < -0.3 is 4.90 Å². The third-order valence-electron chi connectivity index (χ3n) is 3.35. The van der Waals surface area contributed by atoms with Crippen molar-refractivity contribution in [3.8, 4) is 0 Å². The third-order valence-corrected chi connectivity index (χ3v) is 3.35. The van der Waals surface area contributed by atoms with Gasteiger partial charge in [-0.3, -0.25) is 9.78 Å². The zero-order valence-electron chi connectivity index (χ0n) is 10.5. The van der Waals surface area contributed by atoms with Crippen LogP contribution in [0.3, 0.4) is 0 Å². The van der Waals surface area contributed by atoms with Gasteiger partial charge in [-0.15, -0.1) is 0 Å². The lowest BCUT2D eigenvalue weighted by Crippen LogP contribution is -2.24. The molecule has 2 aromatic rings. The van der Waals surface area contributed by atoms with Gasteiger partial charge in [0.1, 0.15) is 0 Å². The molecule has 6 heteroatoms. The first-order valence-electron chi connectivity index (χ1n) is 6.15. The highest BCUT2D eigenvalue weighted by Crippen LogP contribution is 2.16. The van der Waals surface area contributed by atoms with E-state index in [-0.39, 0.29) is 5.56 Å². The van der Waals surface area contributed by atoms with E-state index in [1.54, 1.807) is 0 Å². The summed E-state index contributed by atoms with van der Waals surface area (Å²) in [6.45, 7) is 5.59. The van der Waals surface area contributed by atoms with Crippen LogP contribution in [0.5, 0.6) is 0 Å². The zero-order valence-corrected chi connectivity index (χ0v) is 10.5. The Labute approximate surface area is 104 Å². The molecule has 18 heavy (non-hydrogen) atoms. The van der Waals surface area contributed by atoms with Crippen molar-refractivity contribution in [2.24, 2.45) is 0 Å². The van der Waals surface area contributed by atoms with Crippen LogP contribution >= 0.6 is 0 Å². The Kier molecular flexibility index (Phi) is 2.50. The minimum absolute atomic E-state index is 0.211. The van der Waals surface area contributed by atoms with E-state index in [1.807, 2.05) is 13.8 Å². The lowest BCUT2D eigenvalue weighted by molar-refractivity contribution is 0.892. The molecule has 0 atom stereocenters. The van der Waals surface area contributed by atoms with E-state index in [9.17, 15) is 4.79 Å². The molecule has 3 rings (SSSR count). The number of aromatic nitrogens is 4. The molecule has 1 aliphatic heterocycles. The molecule has 0 radical (unpaired) electrons. The molecule has 0 spiro atoms. The second-order valence-electron chi connectivity index (χ2n) is 4.65. The summed E-state index contributed by atoms with van der Waals surface area (Å²) in [6.07, 6.45) is 2.28. The first kappa shape index (κ1) is 11.1. The maximum atomic E-state index is 12.0. The molecule has 94 valence electrons. The van der Waals surface area contributed by atoms with Gasteiger partial charge in [0, 0.05) is 13.1 Å². The summed E-state index contributed by atoms with van der Waals surface area (Å²) in [4.78, 5) is 29.9. The predicted molar refractivity (Wildman–Crippen MR) is 68.9 cm³/mol. The summed E-state index contributed by atoms with van der Waals surface area (Å²) in [5, 5.41) is 0. The van der Waals surface area contributed by atoms with E-state index in [4.69, 9.17) is 0 Å². The number of aryl methyl sites for hydroxylation is 2. The Morgan fingerprint density at radius 3 is 2.44 bits per heavy atom. The van der Waals surface area contributed by atoms with Crippen molar-refractivity contribution in [3.05, 3.63) is 21.7 Å². The highest BCUT2D eigenvalue weighted by Gasteiger charge is 2.16. The molecule has 3 heterocycles. The number of rotatable bonds is 1. The lowest BCUT2D eigenvalue weighted by Gasteiger charge is -2.15. The van der Waals surface area contributed by atoms with Gasteiger partial charge >= 0.3 is 0 Å². The summed E-state index contributed by atoms with van der Waals surface area (Å²) in [6, 6.07) is 0. The number of nitrogens with one attached hydrogen (secondary N) is 1. The summed E-state index contributed by atoms with van der Waals surface area (Å²) in [5.41, 5.74) is 2.12. The van der Waals surface area contributed by atoms with Gasteiger partial charge in [0.15, 0.2) is 11.2 Å². The average molecular weight is 245 g/mol. The fourth-order valence-corrected chi connectivity index (χ4v) is 2.19. The Balaban J connectivity index is 2.20. The largest absolute Gasteiger partial charge is 0.342 e. The molecular formula is C12H15N5O. The minimum atomic E-state index is -0.211. The molecule has 1 fully saturated rings. The zero-order chi connectivity index (χ0) is 12.7. The number of aromatic amines is 1. The SMILES string of the molecule is Cc1nc2nc(N3CCCC3)[nH]c(=O)c2nc1C. The quantitative estimate of drug-likeness (QED) is 0.809. The standard InChI is InChI=1S/C12H15N5O/c1-7-8(2)14-10-9(13-7)11(18)16-12(15-10)17-5-3-4-6-17/h3-6H2,1-2H3,(H,14,15,16,18). The van der Waals surface area contributed by atoms with Crippen molar-refractivity contribution in [3.63, 3.8) is 0 Å². The predicted octanol–water partition coefficient (Wildman–Crippen LogP) is 0.930. The molecule has 0 bridgehead atoms. The van der Waals surface area contributed by atoms with Crippen LogP contribution < -0.4 is 10.5 Å². The van der Waals surface area contributed by atoms with Crippen LogP contribution in [0, 0.1) is 13.8 Å². The van der Waals surface area contributed by atoms with Crippen LogP contribution in [0.2, 0.25) is 0 Å². The van der Waals surface area contributed by atoms with Crippen LogP contribution in [0.25, 0.3) is 11.2 Å². The van der Waals surface area contributed by atoms with Crippen molar-refractivity contribution >= 4 is 17.1 Å². The topological polar surface area (TPSA) is 74.8 Å². The minimum Gasteiger partial charge on any atom is -0.342 e. The van der Waals surface area contributed by atoms with Crippen LogP contribution in [0.1, 0.15) is 24.2 Å². The molecule has 1 aliphatic rings. The van der Waals surface area contributed by atoms with E-state index in [0.717, 1.165) is 37.3 Å². The van der Waals surface area contributed by atoms with Gasteiger partial charge in [-0.1, -0.05) is 0 Å². The van der Waals surface area contributed by atoms with Crippen LogP contribution in [0.4, 0.5) is 5.95 Å². The van der Waals surface area contributed by atoms with Gasteiger partial charge in [-0.2, -0.15) is 4.98 Å². The molecule has 0 aromatic carbocycles. The fraction of sp³-hybridized carbons (Fsp3) is 0.500. The third kappa shape index (κ3) is 1.73. The van der Waals surface area contributed by atoms with Gasteiger partial charge in [-0.05, 0) is 26.7 Å². The second-order valence-corrected chi connectivity index (χ2v) is 4.65. The average Bonchev–Trinajstić information content (AvgIpc) is 2.85. The van der Waals surface area contributed by atoms with E-state index >= 15 is 0 Å². The summed E-state index contributed by atoms with van der Waals surface area (Å²) >= 11 is 0. The first-order chi connectivity index (χ1) is 8.65. The Bertz CT molecular complexity index is 657. The van der Waals surface area contributed by atoms with Crippen molar-refractivity contribution < 1.29 is 0 Å². The van der Waals surface area contributed by atoms with Crippen molar-refractivity contribution in [1.29, 1.82) is 0 Å². The van der Waals surface area contributed by atoms with E-state index < -0.39 is 0 Å². The van der Waals surface area contributed by atoms with Gasteiger partial charge in [0.2, 0.25) is 5.95 Å². The molecule has 0 saturated carbocycles. The number of anilines is 1. The maximum absolute atomic E-state index is 12.0.